The largest absolute Gasteiger partial charge is 0.293 e. The van der Waals surface area contributed by atoms with E-state index in [9.17, 15) is 4.79 Å². The van der Waals surface area contributed by atoms with E-state index in [0.29, 0.717) is 6.54 Å². The predicted octanol–water partition coefficient (Wildman–Crippen LogP) is 3.13. The van der Waals surface area contributed by atoms with Crippen molar-refractivity contribution in [2.75, 3.05) is 0 Å². The molecule has 3 heterocycles. The smallest absolute Gasteiger partial charge is 0.262 e. The summed E-state index contributed by atoms with van der Waals surface area (Å²) in [6.07, 6.45) is 2.60. The lowest BCUT2D eigenvalue weighted by Gasteiger charge is -2.02. The van der Waals surface area contributed by atoms with Gasteiger partial charge in [0.2, 0.25) is 0 Å². The second-order valence-corrected chi connectivity index (χ2v) is 6.19. The van der Waals surface area contributed by atoms with Crippen molar-refractivity contribution in [1.29, 1.82) is 0 Å². The minimum atomic E-state index is 0.0596. The maximum atomic E-state index is 12.3. The molecule has 0 radical (unpaired) electrons. The molecule has 0 aliphatic heterocycles. The first-order chi connectivity index (χ1) is 8.78. The molecular weight excluding hydrogens is 264 g/mol. The van der Waals surface area contributed by atoms with Gasteiger partial charge in [-0.15, -0.1) is 22.7 Å². The molecule has 0 aliphatic carbocycles. The average Bonchev–Trinajstić information content (AvgIpc) is 3.02. The lowest BCUT2D eigenvalue weighted by atomic mass is 10.3. The van der Waals surface area contributed by atoms with Gasteiger partial charge in [-0.2, -0.15) is 0 Å². The van der Waals surface area contributed by atoms with Crippen molar-refractivity contribution in [2.45, 2.75) is 19.9 Å². The van der Waals surface area contributed by atoms with Crippen molar-refractivity contribution in [3.8, 4) is 0 Å². The Kier molecular flexibility index (Phi) is 3.01. The molecular formula is C13H12N2OS2. The number of thiophene rings is 2. The van der Waals surface area contributed by atoms with Crippen molar-refractivity contribution in [3.05, 3.63) is 50.0 Å². The van der Waals surface area contributed by atoms with E-state index >= 15 is 0 Å². The fourth-order valence-electron chi connectivity index (χ4n) is 1.87. The quantitative estimate of drug-likeness (QED) is 0.736. The Morgan fingerprint density at radius 3 is 3.00 bits per heavy atom. The van der Waals surface area contributed by atoms with Gasteiger partial charge in [0.15, 0.2) is 0 Å². The Morgan fingerprint density at radius 1 is 1.39 bits per heavy atom. The summed E-state index contributed by atoms with van der Waals surface area (Å²) in [6, 6.07) is 6.00. The molecule has 3 rings (SSSR count). The van der Waals surface area contributed by atoms with Gasteiger partial charge in [-0.05, 0) is 23.9 Å². The highest BCUT2D eigenvalue weighted by molar-refractivity contribution is 7.18. The Bertz CT molecular complexity index is 725. The summed E-state index contributed by atoms with van der Waals surface area (Å²) in [5, 5.41) is 2.77. The third-order valence-electron chi connectivity index (χ3n) is 2.82. The summed E-state index contributed by atoms with van der Waals surface area (Å²) >= 11 is 3.26. The standard InChI is InChI=1S/C13H12N2OS2/c1-2-9-6-11-12(18-9)14-8-15(13(11)16)7-10-4-3-5-17-10/h3-6,8H,2,7H2,1H3. The molecule has 0 saturated carbocycles. The van der Waals surface area contributed by atoms with Crippen LogP contribution >= 0.6 is 22.7 Å². The van der Waals surface area contributed by atoms with Crippen molar-refractivity contribution >= 4 is 32.9 Å². The second-order valence-electron chi connectivity index (χ2n) is 4.04. The molecule has 0 fully saturated rings. The van der Waals surface area contributed by atoms with E-state index in [1.807, 2.05) is 23.6 Å². The van der Waals surface area contributed by atoms with Crippen LogP contribution in [-0.4, -0.2) is 9.55 Å². The average molecular weight is 276 g/mol. The van der Waals surface area contributed by atoms with Crippen LogP contribution < -0.4 is 5.56 Å². The fraction of sp³-hybridized carbons (Fsp3) is 0.231. The molecule has 0 saturated heterocycles. The topological polar surface area (TPSA) is 34.9 Å². The lowest BCUT2D eigenvalue weighted by molar-refractivity contribution is 0.759. The fourth-order valence-corrected chi connectivity index (χ4v) is 3.50. The van der Waals surface area contributed by atoms with Crippen molar-refractivity contribution in [3.63, 3.8) is 0 Å². The molecule has 3 aromatic heterocycles. The van der Waals surface area contributed by atoms with Crippen LogP contribution in [0.4, 0.5) is 0 Å². The van der Waals surface area contributed by atoms with Crippen LogP contribution in [0.25, 0.3) is 10.2 Å². The molecule has 0 amide bonds. The van der Waals surface area contributed by atoms with Gasteiger partial charge < -0.3 is 0 Å². The Balaban J connectivity index is 2.08. The van der Waals surface area contributed by atoms with E-state index in [4.69, 9.17) is 0 Å². The Hall–Kier alpha value is -1.46. The number of aromatic nitrogens is 2. The number of hydrogen-bond acceptors (Lipinski definition) is 4. The Morgan fingerprint density at radius 2 is 2.28 bits per heavy atom. The Labute approximate surface area is 112 Å². The van der Waals surface area contributed by atoms with Gasteiger partial charge in [0.05, 0.1) is 18.3 Å². The third-order valence-corrected chi connectivity index (χ3v) is 4.87. The van der Waals surface area contributed by atoms with Gasteiger partial charge in [-0.3, -0.25) is 9.36 Å². The zero-order chi connectivity index (χ0) is 12.5. The summed E-state index contributed by atoms with van der Waals surface area (Å²) in [6.45, 7) is 2.70. The number of rotatable bonds is 3. The highest BCUT2D eigenvalue weighted by Crippen LogP contribution is 2.21. The SMILES string of the molecule is CCc1cc2c(=O)n(Cc3cccs3)cnc2s1. The van der Waals surface area contributed by atoms with Crippen LogP contribution in [0.1, 0.15) is 16.7 Å². The molecule has 0 aromatic carbocycles. The van der Waals surface area contributed by atoms with Crippen LogP contribution in [0.5, 0.6) is 0 Å². The maximum Gasteiger partial charge on any atom is 0.262 e. The van der Waals surface area contributed by atoms with Gasteiger partial charge in [-0.1, -0.05) is 13.0 Å². The van der Waals surface area contributed by atoms with E-state index in [0.717, 1.165) is 16.6 Å². The van der Waals surface area contributed by atoms with E-state index in [1.54, 1.807) is 33.6 Å². The normalized spacial score (nSPS) is 11.2. The molecule has 0 unspecified atom stereocenters. The van der Waals surface area contributed by atoms with E-state index in [2.05, 4.69) is 11.9 Å². The molecule has 0 bridgehead atoms. The van der Waals surface area contributed by atoms with Crippen molar-refractivity contribution in [2.24, 2.45) is 0 Å². The van der Waals surface area contributed by atoms with Crippen LogP contribution in [-0.2, 0) is 13.0 Å². The van der Waals surface area contributed by atoms with Gasteiger partial charge in [0.1, 0.15) is 4.83 Å². The van der Waals surface area contributed by atoms with E-state index < -0.39 is 0 Å². The zero-order valence-corrected chi connectivity index (χ0v) is 11.6. The zero-order valence-electron chi connectivity index (χ0n) is 9.92. The second kappa shape index (κ2) is 4.66. The summed E-state index contributed by atoms with van der Waals surface area (Å²) in [5.74, 6) is 0. The van der Waals surface area contributed by atoms with E-state index in [-0.39, 0.29) is 5.56 Å². The first-order valence-electron chi connectivity index (χ1n) is 5.78. The first-order valence-corrected chi connectivity index (χ1v) is 7.48. The highest BCUT2D eigenvalue weighted by atomic mass is 32.1. The molecule has 5 heteroatoms. The summed E-state index contributed by atoms with van der Waals surface area (Å²) in [5.41, 5.74) is 0.0596. The number of nitrogens with zero attached hydrogens (tertiary/aromatic N) is 2. The number of aryl methyl sites for hydroxylation is 1. The minimum Gasteiger partial charge on any atom is -0.293 e. The van der Waals surface area contributed by atoms with E-state index in [1.165, 1.54) is 9.75 Å². The van der Waals surface area contributed by atoms with Crippen LogP contribution in [0, 0.1) is 0 Å². The van der Waals surface area contributed by atoms with Crippen molar-refractivity contribution < 1.29 is 0 Å². The van der Waals surface area contributed by atoms with Gasteiger partial charge in [-0.25, -0.2) is 4.98 Å². The number of fused-ring (bicyclic) bond motifs is 1. The van der Waals surface area contributed by atoms with Crippen LogP contribution in [0.3, 0.4) is 0 Å². The van der Waals surface area contributed by atoms with Crippen molar-refractivity contribution in [1.82, 2.24) is 9.55 Å². The molecule has 3 aromatic rings. The molecule has 0 aliphatic rings. The maximum absolute atomic E-state index is 12.3. The summed E-state index contributed by atoms with van der Waals surface area (Å²) in [4.78, 5) is 19.9. The third kappa shape index (κ3) is 2.00. The van der Waals surface area contributed by atoms with Crippen LogP contribution in [0.2, 0.25) is 0 Å². The van der Waals surface area contributed by atoms with Gasteiger partial charge in [0.25, 0.3) is 5.56 Å². The number of hydrogen-bond donors (Lipinski definition) is 0. The minimum absolute atomic E-state index is 0.0596. The molecule has 0 spiro atoms. The molecule has 92 valence electrons. The lowest BCUT2D eigenvalue weighted by Crippen LogP contribution is -2.19. The van der Waals surface area contributed by atoms with Crippen LogP contribution in [0.15, 0.2) is 34.7 Å². The monoisotopic (exact) mass is 276 g/mol. The highest BCUT2D eigenvalue weighted by Gasteiger charge is 2.08. The molecule has 0 N–H and O–H groups in total. The summed E-state index contributed by atoms with van der Waals surface area (Å²) in [7, 11) is 0. The molecule has 0 atom stereocenters. The molecule has 18 heavy (non-hydrogen) atoms. The molecule has 3 nitrogen and oxygen atoms in total. The van der Waals surface area contributed by atoms with Gasteiger partial charge in [0, 0.05) is 9.75 Å². The first kappa shape index (κ1) is 11.6. The summed E-state index contributed by atoms with van der Waals surface area (Å²) < 4.78 is 1.68. The predicted molar refractivity (Wildman–Crippen MR) is 76.7 cm³/mol. The van der Waals surface area contributed by atoms with Gasteiger partial charge >= 0.3 is 0 Å².